The van der Waals surface area contributed by atoms with E-state index in [1.165, 1.54) is 12.8 Å². The van der Waals surface area contributed by atoms with Gasteiger partial charge in [0.15, 0.2) is 0 Å². The van der Waals surface area contributed by atoms with E-state index in [1.54, 1.807) is 12.3 Å². The Hall–Kier alpha value is -1.82. The van der Waals surface area contributed by atoms with Crippen molar-refractivity contribution in [3.05, 3.63) is 24.0 Å². The van der Waals surface area contributed by atoms with E-state index in [0.717, 1.165) is 13.0 Å². The van der Waals surface area contributed by atoms with Crippen LogP contribution >= 0.6 is 0 Å². The third-order valence-corrected chi connectivity index (χ3v) is 3.06. The van der Waals surface area contributed by atoms with E-state index < -0.39 is 0 Å². The summed E-state index contributed by atoms with van der Waals surface area (Å²) in [5.74, 6) is 1.91. The molecule has 2 aromatic heterocycles. The van der Waals surface area contributed by atoms with Crippen LogP contribution in [0.2, 0.25) is 0 Å². The third-order valence-electron chi connectivity index (χ3n) is 3.06. The Morgan fingerprint density at radius 2 is 2.39 bits per heavy atom. The van der Waals surface area contributed by atoms with Gasteiger partial charge in [-0.1, -0.05) is 5.16 Å². The van der Waals surface area contributed by atoms with Gasteiger partial charge in [0, 0.05) is 18.7 Å². The Labute approximate surface area is 105 Å². The molecule has 0 saturated carbocycles. The van der Waals surface area contributed by atoms with Crippen LogP contribution in [0.5, 0.6) is 0 Å². The minimum atomic E-state index is 0.463. The molecule has 0 amide bonds. The zero-order chi connectivity index (χ0) is 12.4. The zero-order valence-electron chi connectivity index (χ0n) is 10.3. The standard InChI is InChI=1S/C12H15N5O/c1-8-13-6-4-10(15-8)12-16-11(18-17-12)7-9-3-2-5-14-9/h4,6,9,14H,2-3,5,7H2,1H3. The SMILES string of the molecule is Cc1nccc(-c2noc(CC3CCCN3)n2)n1. The molecule has 0 bridgehead atoms. The van der Waals surface area contributed by atoms with Gasteiger partial charge in [0.05, 0.1) is 0 Å². The zero-order valence-corrected chi connectivity index (χ0v) is 10.3. The van der Waals surface area contributed by atoms with Gasteiger partial charge < -0.3 is 9.84 Å². The van der Waals surface area contributed by atoms with E-state index in [0.29, 0.717) is 29.3 Å². The summed E-state index contributed by atoms with van der Waals surface area (Å²) in [6, 6.07) is 2.25. The number of aryl methyl sites for hydroxylation is 1. The third kappa shape index (κ3) is 2.38. The molecule has 0 aliphatic carbocycles. The molecular formula is C12H15N5O. The van der Waals surface area contributed by atoms with Crippen LogP contribution in [0.25, 0.3) is 11.5 Å². The Kier molecular flexibility index (Phi) is 3.02. The summed E-state index contributed by atoms with van der Waals surface area (Å²) < 4.78 is 5.26. The first kappa shape index (κ1) is 11.3. The minimum Gasteiger partial charge on any atom is -0.339 e. The molecule has 1 saturated heterocycles. The molecule has 1 atom stereocenters. The summed E-state index contributed by atoms with van der Waals surface area (Å²) in [5.41, 5.74) is 0.705. The Bertz CT molecular complexity index is 533. The van der Waals surface area contributed by atoms with Crippen molar-refractivity contribution in [2.75, 3.05) is 6.54 Å². The lowest BCUT2D eigenvalue weighted by molar-refractivity contribution is 0.364. The van der Waals surface area contributed by atoms with Gasteiger partial charge in [-0.15, -0.1) is 0 Å². The van der Waals surface area contributed by atoms with Crippen molar-refractivity contribution in [3.8, 4) is 11.5 Å². The van der Waals surface area contributed by atoms with Gasteiger partial charge in [-0.25, -0.2) is 9.97 Å². The Morgan fingerprint density at radius 3 is 3.17 bits per heavy atom. The molecule has 3 rings (SSSR count). The molecule has 1 unspecified atom stereocenters. The lowest BCUT2D eigenvalue weighted by Gasteiger charge is -2.04. The number of hydrogen-bond acceptors (Lipinski definition) is 6. The number of aromatic nitrogens is 4. The molecule has 3 heterocycles. The summed E-state index contributed by atoms with van der Waals surface area (Å²) in [7, 11) is 0. The van der Waals surface area contributed by atoms with Gasteiger partial charge in [0.25, 0.3) is 0 Å². The molecule has 1 N–H and O–H groups in total. The predicted molar refractivity (Wildman–Crippen MR) is 64.8 cm³/mol. The Morgan fingerprint density at radius 1 is 1.44 bits per heavy atom. The van der Waals surface area contributed by atoms with E-state index in [4.69, 9.17) is 4.52 Å². The van der Waals surface area contributed by atoms with E-state index in [-0.39, 0.29) is 0 Å². The van der Waals surface area contributed by atoms with Crippen LogP contribution in [0.3, 0.4) is 0 Å². The Balaban J connectivity index is 1.76. The second-order valence-electron chi connectivity index (χ2n) is 4.50. The number of rotatable bonds is 3. The molecule has 6 heteroatoms. The van der Waals surface area contributed by atoms with Gasteiger partial charge in [-0.3, -0.25) is 0 Å². The van der Waals surface area contributed by atoms with Gasteiger partial charge >= 0.3 is 0 Å². The molecule has 0 spiro atoms. The van der Waals surface area contributed by atoms with Gasteiger partial charge in [-0.2, -0.15) is 4.98 Å². The molecule has 18 heavy (non-hydrogen) atoms. The van der Waals surface area contributed by atoms with Crippen molar-refractivity contribution >= 4 is 0 Å². The molecule has 1 aliphatic heterocycles. The smallest absolute Gasteiger partial charge is 0.228 e. The molecule has 94 valence electrons. The maximum Gasteiger partial charge on any atom is 0.228 e. The molecule has 2 aromatic rings. The second-order valence-corrected chi connectivity index (χ2v) is 4.50. The maximum absolute atomic E-state index is 5.26. The highest BCUT2D eigenvalue weighted by molar-refractivity contribution is 5.46. The van der Waals surface area contributed by atoms with E-state index in [2.05, 4.69) is 25.4 Å². The number of hydrogen-bond donors (Lipinski definition) is 1. The van der Waals surface area contributed by atoms with Crippen molar-refractivity contribution in [3.63, 3.8) is 0 Å². The van der Waals surface area contributed by atoms with Crippen LogP contribution in [-0.4, -0.2) is 32.7 Å². The summed E-state index contributed by atoms with van der Waals surface area (Å²) in [5, 5.41) is 7.38. The first-order chi connectivity index (χ1) is 8.81. The van der Waals surface area contributed by atoms with Crippen molar-refractivity contribution in [2.45, 2.75) is 32.2 Å². The largest absolute Gasteiger partial charge is 0.339 e. The quantitative estimate of drug-likeness (QED) is 0.873. The normalized spacial score (nSPS) is 19.3. The highest BCUT2D eigenvalue weighted by Gasteiger charge is 2.18. The van der Waals surface area contributed by atoms with Gasteiger partial charge in [0.2, 0.25) is 11.7 Å². The van der Waals surface area contributed by atoms with Crippen LogP contribution in [-0.2, 0) is 6.42 Å². The average molecular weight is 245 g/mol. The molecular weight excluding hydrogens is 230 g/mol. The highest BCUT2D eigenvalue weighted by atomic mass is 16.5. The number of nitrogens with one attached hydrogen (secondary N) is 1. The maximum atomic E-state index is 5.26. The van der Waals surface area contributed by atoms with E-state index in [1.807, 2.05) is 6.92 Å². The van der Waals surface area contributed by atoms with Crippen molar-refractivity contribution in [1.82, 2.24) is 25.4 Å². The first-order valence-electron chi connectivity index (χ1n) is 6.17. The minimum absolute atomic E-state index is 0.463. The highest BCUT2D eigenvalue weighted by Crippen LogP contribution is 2.15. The fourth-order valence-electron chi connectivity index (χ4n) is 2.16. The molecule has 1 fully saturated rings. The predicted octanol–water partition coefficient (Wildman–Crippen LogP) is 1.13. The van der Waals surface area contributed by atoms with Gasteiger partial charge in [-0.05, 0) is 32.4 Å². The first-order valence-corrected chi connectivity index (χ1v) is 6.17. The fraction of sp³-hybridized carbons (Fsp3) is 0.500. The summed E-state index contributed by atoms with van der Waals surface area (Å²) in [4.78, 5) is 12.7. The topological polar surface area (TPSA) is 76.7 Å². The summed E-state index contributed by atoms with van der Waals surface area (Å²) in [6.07, 6.45) is 4.88. The summed E-state index contributed by atoms with van der Waals surface area (Å²) in [6.45, 7) is 2.92. The van der Waals surface area contributed by atoms with Crippen molar-refractivity contribution in [2.24, 2.45) is 0 Å². The van der Waals surface area contributed by atoms with Crippen LogP contribution in [0, 0.1) is 6.92 Å². The molecule has 0 aromatic carbocycles. The van der Waals surface area contributed by atoms with Gasteiger partial charge in [0.1, 0.15) is 11.5 Å². The van der Waals surface area contributed by atoms with Crippen molar-refractivity contribution in [1.29, 1.82) is 0 Å². The summed E-state index contributed by atoms with van der Waals surface area (Å²) >= 11 is 0. The lowest BCUT2D eigenvalue weighted by atomic mass is 10.1. The van der Waals surface area contributed by atoms with E-state index in [9.17, 15) is 0 Å². The van der Waals surface area contributed by atoms with Crippen LogP contribution in [0.1, 0.15) is 24.6 Å². The van der Waals surface area contributed by atoms with Crippen LogP contribution in [0.4, 0.5) is 0 Å². The monoisotopic (exact) mass is 245 g/mol. The molecule has 0 radical (unpaired) electrons. The second kappa shape index (κ2) is 4.81. The average Bonchev–Trinajstić information content (AvgIpc) is 3.01. The van der Waals surface area contributed by atoms with Crippen molar-refractivity contribution < 1.29 is 4.52 Å². The van der Waals surface area contributed by atoms with Crippen LogP contribution < -0.4 is 5.32 Å². The van der Waals surface area contributed by atoms with E-state index >= 15 is 0 Å². The lowest BCUT2D eigenvalue weighted by Crippen LogP contribution is -2.23. The fourth-order valence-corrected chi connectivity index (χ4v) is 2.16. The molecule has 1 aliphatic rings. The van der Waals surface area contributed by atoms with Crippen LogP contribution in [0.15, 0.2) is 16.8 Å². The molecule has 6 nitrogen and oxygen atoms in total. The number of nitrogens with zero attached hydrogens (tertiary/aromatic N) is 4.